The van der Waals surface area contributed by atoms with Gasteiger partial charge in [-0.25, -0.2) is 4.79 Å². The molecule has 1 saturated heterocycles. The molecule has 2 aromatic carbocycles. The maximum Gasteiger partial charge on any atom is 0.323 e. The van der Waals surface area contributed by atoms with Crippen LogP contribution in [0.25, 0.3) is 0 Å². The van der Waals surface area contributed by atoms with Gasteiger partial charge in [-0.15, -0.1) is 0 Å². The van der Waals surface area contributed by atoms with Crippen LogP contribution in [0, 0.1) is 5.92 Å². The second-order valence-corrected chi connectivity index (χ2v) is 11.8. The quantitative estimate of drug-likeness (QED) is 0.363. The van der Waals surface area contributed by atoms with Crippen molar-refractivity contribution in [3.8, 4) is 0 Å². The van der Waals surface area contributed by atoms with E-state index in [0.717, 1.165) is 63.0 Å². The van der Waals surface area contributed by atoms with E-state index >= 15 is 0 Å². The third-order valence-electron chi connectivity index (χ3n) is 8.89. The molecule has 2 atom stereocenters. The van der Waals surface area contributed by atoms with Gasteiger partial charge in [0.25, 0.3) is 11.5 Å². The monoisotopic (exact) mass is 553 g/mol. The first-order chi connectivity index (χ1) is 20.0. The summed E-state index contributed by atoms with van der Waals surface area (Å²) in [5, 5.41) is 9.19. The number of carbonyl (C=O) groups excluding carboxylic acids is 2. The van der Waals surface area contributed by atoms with E-state index in [1.165, 1.54) is 12.0 Å². The Morgan fingerprint density at radius 1 is 0.902 bits per heavy atom. The van der Waals surface area contributed by atoms with Crippen molar-refractivity contribution in [1.82, 2.24) is 9.88 Å². The van der Waals surface area contributed by atoms with Crippen LogP contribution in [0.4, 0.5) is 21.9 Å². The largest absolute Gasteiger partial charge is 0.369 e. The zero-order valence-electron chi connectivity index (χ0n) is 23.7. The molecule has 0 unspecified atom stereocenters. The summed E-state index contributed by atoms with van der Waals surface area (Å²) in [5.74, 6) is 0.449. The molecule has 3 aromatic rings. The number of carbonyl (C=O) groups is 2. The van der Waals surface area contributed by atoms with Crippen LogP contribution in [-0.2, 0) is 13.0 Å². The Balaban J connectivity index is 1.26. The Hall–Kier alpha value is -4.07. The first-order valence-electron chi connectivity index (χ1n) is 15.0. The number of anilines is 3. The average molecular weight is 554 g/mol. The van der Waals surface area contributed by atoms with Crippen molar-refractivity contribution in [2.75, 3.05) is 28.6 Å². The van der Waals surface area contributed by atoms with Crippen LogP contribution in [-0.4, -0.2) is 35.6 Å². The van der Waals surface area contributed by atoms with Crippen LogP contribution in [0.3, 0.4) is 0 Å². The summed E-state index contributed by atoms with van der Waals surface area (Å²) in [6, 6.07) is 18.8. The molecule has 2 fully saturated rings. The molecule has 214 valence electrons. The van der Waals surface area contributed by atoms with Crippen molar-refractivity contribution in [3.63, 3.8) is 0 Å². The van der Waals surface area contributed by atoms with E-state index in [1.54, 1.807) is 12.1 Å². The number of rotatable bonds is 6. The van der Waals surface area contributed by atoms with Crippen LogP contribution in [0.15, 0.2) is 65.5 Å². The minimum absolute atomic E-state index is 0.0602. The third kappa shape index (κ3) is 6.01. The van der Waals surface area contributed by atoms with Gasteiger partial charge in [-0.2, -0.15) is 0 Å². The molecule has 1 aliphatic carbocycles. The molecule has 3 heterocycles. The molecule has 0 radical (unpaired) electrons. The van der Waals surface area contributed by atoms with Crippen LogP contribution < -0.4 is 26.4 Å². The SMILES string of the molecule is CCc1ccc(NC(=O)Nc2cc(C(=O)NC3CCCCC3)ccc2N2C[C@H]3C[C@@H](C2)c2cccc(=O)n2C3)cc1. The standard InChI is InChI=1S/C33H39N5O3/c1-2-22-11-14-27(15-12-22)35-33(41)36-28-18-24(32(40)34-26-7-4-3-5-8-26)13-16-30(28)37-19-23-17-25(21-37)29-9-6-10-31(39)38(29)20-23/h6,9-16,18,23,25-26H,2-5,7-8,17,19-21H2,1H3,(H,34,40)(H2,35,36,41)/t23-,25+/m1/s1. The van der Waals surface area contributed by atoms with Gasteiger partial charge in [0.1, 0.15) is 0 Å². The van der Waals surface area contributed by atoms with Gasteiger partial charge in [0.15, 0.2) is 0 Å². The fourth-order valence-electron chi connectivity index (χ4n) is 6.77. The highest BCUT2D eigenvalue weighted by Crippen LogP contribution is 2.39. The smallest absolute Gasteiger partial charge is 0.323 e. The number of hydrogen-bond donors (Lipinski definition) is 3. The van der Waals surface area contributed by atoms with Crippen molar-refractivity contribution < 1.29 is 9.59 Å². The lowest BCUT2D eigenvalue weighted by atomic mass is 9.83. The molecule has 1 saturated carbocycles. The minimum atomic E-state index is -0.352. The zero-order chi connectivity index (χ0) is 28.3. The van der Waals surface area contributed by atoms with Gasteiger partial charge in [-0.1, -0.05) is 44.4 Å². The van der Waals surface area contributed by atoms with Gasteiger partial charge in [-0.3, -0.25) is 9.59 Å². The highest BCUT2D eigenvalue weighted by atomic mass is 16.2. The molecule has 8 nitrogen and oxygen atoms in total. The number of aromatic nitrogens is 1. The molecule has 3 amide bonds. The number of nitrogens with one attached hydrogen (secondary N) is 3. The van der Waals surface area contributed by atoms with E-state index in [2.05, 4.69) is 33.8 Å². The fraction of sp³-hybridized carbons (Fsp3) is 0.424. The molecule has 41 heavy (non-hydrogen) atoms. The number of fused-ring (bicyclic) bond motifs is 4. The number of aryl methyl sites for hydroxylation is 1. The van der Waals surface area contributed by atoms with Gasteiger partial charge >= 0.3 is 6.03 Å². The topological polar surface area (TPSA) is 95.5 Å². The molecule has 2 bridgehead atoms. The first kappa shape index (κ1) is 27.1. The Morgan fingerprint density at radius 2 is 1.71 bits per heavy atom. The minimum Gasteiger partial charge on any atom is -0.369 e. The lowest BCUT2D eigenvalue weighted by Gasteiger charge is -2.44. The molecule has 0 spiro atoms. The number of urea groups is 1. The summed E-state index contributed by atoms with van der Waals surface area (Å²) in [5.41, 5.74) is 5.08. The number of benzene rings is 2. The maximum absolute atomic E-state index is 13.2. The Kier molecular flexibility index (Phi) is 7.81. The number of nitrogens with zero attached hydrogens (tertiary/aromatic N) is 2. The van der Waals surface area contributed by atoms with Crippen LogP contribution in [0.5, 0.6) is 0 Å². The van der Waals surface area contributed by atoms with E-state index in [4.69, 9.17) is 0 Å². The second kappa shape index (κ2) is 11.8. The van der Waals surface area contributed by atoms with E-state index in [-0.39, 0.29) is 29.5 Å². The summed E-state index contributed by atoms with van der Waals surface area (Å²) >= 11 is 0. The Labute approximate surface area is 241 Å². The molecular formula is C33H39N5O3. The highest BCUT2D eigenvalue weighted by Gasteiger charge is 2.35. The fourth-order valence-corrected chi connectivity index (χ4v) is 6.77. The number of amides is 3. The average Bonchev–Trinajstić information content (AvgIpc) is 2.98. The molecule has 8 heteroatoms. The van der Waals surface area contributed by atoms with E-state index < -0.39 is 0 Å². The Morgan fingerprint density at radius 3 is 2.49 bits per heavy atom. The first-order valence-corrected chi connectivity index (χ1v) is 15.0. The van der Waals surface area contributed by atoms with E-state index in [0.29, 0.717) is 29.4 Å². The normalized spacial score (nSPS) is 20.2. The van der Waals surface area contributed by atoms with Gasteiger partial charge in [0.2, 0.25) is 0 Å². The number of pyridine rings is 1. The summed E-state index contributed by atoms with van der Waals surface area (Å²) in [4.78, 5) is 41.2. The number of piperidine rings is 1. The van der Waals surface area contributed by atoms with E-state index in [9.17, 15) is 14.4 Å². The lowest BCUT2D eigenvalue weighted by molar-refractivity contribution is 0.0927. The summed E-state index contributed by atoms with van der Waals surface area (Å²) in [6.07, 6.45) is 7.50. The third-order valence-corrected chi connectivity index (χ3v) is 8.89. The van der Waals surface area contributed by atoms with Gasteiger partial charge in [-0.05, 0) is 73.6 Å². The van der Waals surface area contributed by atoms with Crippen LogP contribution >= 0.6 is 0 Å². The molecule has 3 N–H and O–H groups in total. The van der Waals surface area contributed by atoms with Crippen molar-refractivity contribution in [2.45, 2.75) is 70.4 Å². The lowest BCUT2D eigenvalue weighted by Crippen LogP contribution is -2.47. The molecule has 2 aliphatic heterocycles. The molecular weight excluding hydrogens is 514 g/mol. The van der Waals surface area contributed by atoms with E-state index in [1.807, 2.05) is 47.0 Å². The summed E-state index contributed by atoms with van der Waals surface area (Å²) in [6.45, 7) is 4.31. The molecule has 3 aliphatic rings. The predicted octanol–water partition coefficient (Wildman–Crippen LogP) is 5.74. The highest BCUT2D eigenvalue weighted by molar-refractivity contribution is 6.04. The molecule has 1 aromatic heterocycles. The molecule has 6 rings (SSSR count). The summed E-state index contributed by atoms with van der Waals surface area (Å²) in [7, 11) is 0. The van der Waals surface area contributed by atoms with Crippen molar-refractivity contribution in [1.29, 1.82) is 0 Å². The van der Waals surface area contributed by atoms with Gasteiger partial charge < -0.3 is 25.4 Å². The maximum atomic E-state index is 13.2. The number of hydrogen-bond acceptors (Lipinski definition) is 4. The van der Waals surface area contributed by atoms with Crippen molar-refractivity contribution in [3.05, 3.63) is 87.8 Å². The Bertz CT molecular complexity index is 1470. The second-order valence-electron chi connectivity index (χ2n) is 11.8. The van der Waals surface area contributed by atoms with Crippen molar-refractivity contribution >= 4 is 29.0 Å². The van der Waals surface area contributed by atoms with Crippen molar-refractivity contribution in [2.24, 2.45) is 5.92 Å². The van der Waals surface area contributed by atoms with Crippen LogP contribution in [0.1, 0.15) is 73.0 Å². The summed E-state index contributed by atoms with van der Waals surface area (Å²) < 4.78 is 1.92. The zero-order valence-corrected chi connectivity index (χ0v) is 23.7. The van der Waals surface area contributed by atoms with Gasteiger partial charge in [0.05, 0.1) is 11.4 Å². The van der Waals surface area contributed by atoms with Crippen LogP contribution in [0.2, 0.25) is 0 Å². The van der Waals surface area contributed by atoms with Gasteiger partial charge in [0, 0.05) is 54.6 Å². The predicted molar refractivity (Wildman–Crippen MR) is 163 cm³/mol.